The summed E-state index contributed by atoms with van der Waals surface area (Å²) in [5, 5.41) is 8.52. The van der Waals surface area contributed by atoms with E-state index in [1.165, 1.54) is 18.2 Å². The molecule has 2 aromatic carbocycles. The lowest BCUT2D eigenvalue weighted by Gasteiger charge is -2.00. The molecule has 0 aromatic heterocycles. The van der Waals surface area contributed by atoms with Gasteiger partial charge in [0.1, 0.15) is 0 Å². The van der Waals surface area contributed by atoms with Crippen LogP contribution in [0, 0.1) is 6.92 Å². The Labute approximate surface area is 122 Å². The van der Waals surface area contributed by atoms with Crippen LogP contribution in [0.4, 0.5) is 0 Å². The number of allylic oxidation sites excluding steroid dienone is 1. The summed E-state index contributed by atoms with van der Waals surface area (Å²) < 4.78 is 0. The molecule has 0 saturated heterocycles. The lowest BCUT2D eigenvalue weighted by Crippen LogP contribution is -2.18. The molecule has 0 heterocycles. The summed E-state index contributed by atoms with van der Waals surface area (Å²) in [6, 6.07) is 13.9. The van der Waals surface area contributed by atoms with E-state index in [1.54, 1.807) is 23.7 Å². The van der Waals surface area contributed by atoms with E-state index in [9.17, 15) is 9.59 Å². The van der Waals surface area contributed by atoms with Gasteiger partial charge in [-0.05, 0) is 30.7 Å². The molecule has 2 N–H and O–H groups in total. The van der Waals surface area contributed by atoms with Gasteiger partial charge < -0.3 is 0 Å². The average molecular weight is 281 g/mol. The molecule has 0 spiro atoms. The number of amides is 1. The highest BCUT2D eigenvalue weighted by atomic mass is 16.5. The summed E-state index contributed by atoms with van der Waals surface area (Å²) in [5.41, 5.74) is 4.42. The summed E-state index contributed by atoms with van der Waals surface area (Å²) in [6.45, 7) is 2.00. The molecule has 4 nitrogen and oxygen atoms in total. The van der Waals surface area contributed by atoms with E-state index in [0.717, 1.165) is 11.1 Å². The normalized spacial score (nSPS) is 10.6. The minimum atomic E-state index is -0.607. The number of hydrogen-bond donors (Lipinski definition) is 2. The van der Waals surface area contributed by atoms with Crippen LogP contribution in [0.1, 0.15) is 31.8 Å². The highest BCUT2D eigenvalue weighted by molar-refractivity contribution is 6.07. The van der Waals surface area contributed by atoms with E-state index in [1.807, 2.05) is 31.2 Å². The monoisotopic (exact) mass is 281 g/mol. The molecule has 0 saturated carbocycles. The van der Waals surface area contributed by atoms with Crippen LogP contribution in [-0.4, -0.2) is 16.9 Å². The highest BCUT2D eigenvalue weighted by Crippen LogP contribution is 2.09. The van der Waals surface area contributed by atoms with Gasteiger partial charge in [-0.15, -0.1) is 0 Å². The predicted octanol–water partition coefficient (Wildman–Crippen LogP) is 3.01. The maximum Gasteiger partial charge on any atom is 0.274 e. The van der Waals surface area contributed by atoms with Gasteiger partial charge in [-0.25, -0.2) is 5.48 Å². The Kier molecular flexibility index (Phi) is 4.64. The largest absolute Gasteiger partial charge is 0.289 e. The van der Waals surface area contributed by atoms with Crippen LogP contribution < -0.4 is 5.48 Å². The molecule has 0 atom stereocenters. The van der Waals surface area contributed by atoms with Gasteiger partial charge in [0.15, 0.2) is 5.78 Å². The Morgan fingerprint density at radius 2 is 1.52 bits per heavy atom. The van der Waals surface area contributed by atoms with Crippen molar-refractivity contribution in [1.29, 1.82) is 0 Å². The van der Waals surface area contributed by atoms with E-state index in [2.05, 4.69) is 0 Å². The maximum atomic E-state index is 12.0. The van der Waals surface area contributed by atoms with Crippen LogP contribution in [0.25, 0.3) is 6.08 Å². The van der Waals surface area contributed by atoms with Crippen molar-refractivity contribution >= 4 is 17.8 Å². The third-order valence-electron chi connectivity index (χ3n) is 3.04. The molecule has 0 fully saturated rings. The van der Waals surface area contributed by atoms with Gasteiger partial charge in [0.05, 0.1) is 0 Å². The summed E-state index contributed by atoms with van der Waals surface area (Å²) in [6.07, 6.45) is 3.24. The van der Waals surface area contributed by atoms with Gasteiger partial charge in [0.25, 0.3) is 5.91 Å². The van der Waals surface area contributed by atoms with Crippen molar-refractivity contribution < 1.29 is 14.8 Å². The number of carbonyl (C=O) groups excluding carboxylic acids is 2. The molecule has 106 valence electrons. The number of hydroxylamine groups is 1. The standard InChI is InChI=1S/C17H15NO3/c1-12-2-4-13(5-3-12)6-11-16(19)14-7-9-15(10-8-14)17(20)18-21/h2-11,21H,1H3,(H,18,20). The fourth-order valence-corrected chi connectivity index (χ4v) is 1.80. The second kappa shape index (κ2) is 6.63. The van der Waals surface area contributed by atoms with Crippen molar-refractivity contribution in [2.24, 2.45) is 0 Å². The molecule has 2 rings (SSSR count). The van der Waals surface area contributed by atoms with Crippen molar-refractivity contribution in [3.63, 3.8) is 0 Å². The van der Waals surface area contributed by atoms with E-state index in [4.69, 9.17) is 5.21 Å². The van der Waals surface area contributed by atoms with Gasteiger partial charge >= 0.3 is 0 Å². The second-order valence-electron chi connectivity index (χ2n) is 4.63. The summed E-state index contributed by atoms with van der Waals surface area (Å²) >= 11 is 0. The number of aryl methyl sites for hydroxylation is 1. The smallest absolute Gasteiger partial charge is 0.274 e. The van der Waals surface area contributed by atoms with Crippen LogP contribution in [0.3, 0.4) is 0 Å². The number of ketones is 1. The molecule has 21 heavy (non-hydrogen) atoms. The number of carbonyl (C=O) groups is 2. The Bertz CT molecular complexity index is 670. The quantitative estimate of drug-likeness (QED) is 0.392. The van der Waals surface area contributed by atoms with Gasteiger partial charge in [-0.3, -0.25) is 14.8 Å². The van der Waals surface area contributed by atoms with Crippen molar-refractivity contribution in [3.8, 4) is 0 Å². The third kappa shape index (κ3) is 3.87. The fraction of sp³-hybridized carbons (Fsp3) is 0.0588. The first-order valence-corrected chi connectivity index (χ1v) is 6.44. The first-order valence-electron chi connectivity index (χ1n) is 6.44. The van der Waals surface area contributed by atoms with Crippen molar-refractivity contribution in [2.75, 3.05) is 0 Å². The van der Waals surface area contributed by atoms with Crippen molar-refractivity contribution in [1.82, 2.24) is 5.48 Å². The van der Waals surface area contributed by atoms with Crippen molar-refractivity contribution in [3.05, 3.63) is 76.9 Å². The molecule has 4 heteroatoms. The van der Waals surface area contributed by atoms with Crippen LogP contribution in [0.2, 0.25) is 0 Å². The zero-order valence-corrected chi connectivity index (χ0v) is 11.5. The third-order valence-corrected chi connectivity index (χ3v) is 3.04. The van der Waals surface area contributed by atoms with Crippen LogP contribution >= 0.6 is 0 Å². The van der Waals surface area contributed by atoms with E-state index >= 15 is 0 Å². The predicted molar refractivity (Wildman–Crippen MR) is 80.2 cm³/mol. The van der Waals surface area contributed by atoms with Crippen molar-refractivity contribution in [2.45, 2.75) is 6.92 Å². The number of hydrogen-bond acceptors (Lipinski definition) is 3. The molecule has 2 aromatic rings. The number of benzene rings is 2. The second-order valence-corrected chi connectivity index (χ2v) is 4.63. The lowest BCUT2D eigenvalue weighted by molar-refractivity contribution is 0.0706. The van der Waals surface area contributed by atoms with Gasteiger partial charge in [0.2, 0.25) is 0 Å². The van der Waals surface area contributed by atoms with Crippen LogP contribution in [-0.2, 0) is 0 Å². The molecular formula is C17H15NO3. The Hall–Kier alpha value is -2.72. The molecule has 0 bridgehead atoms. The Morgan fingerprint density at radius 1 is 0.952 bits per heavy atom. The Morgan fingerprint density at radius 3 is 2.10 bits per heavy atom. The summed E-state index contributed by atoms with van der Waals surface area (Å²) in [5.74, 6) is -0.754. The molecule has 0 radical (unpaired) electrons. The summed E-state index contributed by atoms with van der Waals surface area (Å²) in [7, 11) is 0. The van der Waals surface area contributed by atoms with E-state index in [0.29, 0.717) is 5.56 Å². The maximum absolute atomic E-state index is 12.0. The summed E-state index contributed by atoms with van der Waals surface area (Å²) in [4.78, 5) is 23.2. The SMILES string of the molecule is Cc1ccc(C=CC(=O)c2ccc(C(=O)NO)cc2)cc1. The molecule has 0 aliphatic carbocycles. The topological polar surface area (TPSA) is 66.4 Å². The lowest BCUT2D eigenvalue weighted by atomic mass is 10.1. The first-order chi connectivity index (χ1) is 10.1. The minimum Gasteiger partial charge on any atom is -0.289 e. The van der Waals surface area contributed by atoms with Crippen LogP contribution in [0.5, 0.6) is 0 Å². The fourth-order valence-electron chi connectivity index (χ4n) is 1.80. The molecular weight excluding hydrogens is 266 g/mol. The molecule has 0 aliphatic rings. The first kappa shape index (κ1) is 14.7. The average Bonchev–Trinajstić information content (AvgIpc) is 2.53. The molecule has 0 unspecified atom stereocenters. The van der Waals surface area contributed by atoms with Gasteiger partial charge in [0, 0.05) is 11.1 Å². The number of nitrogens with one attached hydrogen (secondary N) is 1. The minimum absolute atomic E-state index is 0.147. The number of rotatable bonds is 4. The van der Waals surface area contributed by atoms with Crippen LogP contribution in [0.15, 0.2) is 54.6 Å². The molecule has 0 aliphatic heterocycles. The van der Waals surface area contributed by atoms with E-state index in [-0.39, 0.29) is 11.3 Å². The van der Waals surface area contributed by atoms with E-state index < -0.39 is 5.91 Å². The van der Waals surface area contributed by atoms with Gasteiger partial charge in [-0.2, -0.15) is 0 Å². The zero-order valence-electron chi connectivity index (χ0n) is 11.5. The molecule has 1 amide bonds. The zero-order chi connectivity index (χ0) is 15.2. The van der Waals surface area contributed by atoms with Gasteiger partial charge in [-0.1, -0.05) is 48.0 Å². The Balaban J connectivity index is 2.09. The highest BCUT2D eigenvalue weighted by Gasteiger charge is 2.06.